The molecule has 23 heavy (non-hydrogen) atoms. The molecule has 0 amide bonds. The highest BCUT2D eigenvalue weighted by molar-refractivity contribution is 5.18. The molecule has 0 bridgehead atoms. The fourth-order valence-corrected chi connectivity index (χ4v) is 3.47. The number of benzene rings is 1. The summed E-state index contributed by atoms with van der Waals surface area (Å²) in [7, 11) is 3.79. The monoisotopic (exact) mass is 317 g/mol. The van der Waals surface area contributed by atoms with Crippen LogP contribution in [-0.2, 0) is 24.8 Å². The fraction of sp³-hybridized carbons (Fsp3) is 0.500. The largest absolute Gasteiger partial charge is 0.380 e. The molecule has 5 heteroatoms. The Morgan fingerprint density at radius 1 is 1.39 bits per heavy atom. The van der Waals surface area contributed by atoms with Crippen molar-refractivity contribution in [3.8, 4) is 0 Å². The minimum Gasteiger partial charge on any atom is -0.380 e. The SMILES string of the molecule is CO[C@H]1CCCN(Cc2cncn2C)[C@H]1Cc1cccc(F)c1. The number of halogens is 1. The van der Waals surface area contributed by atoms with Crippen molar-refractivity contribution in [3.05, 3.63) is 53.9 Å². The molecule has 0 unspecified atom stereocenters. The van der Waals surface area contributed by atoms with Crippen LogP contribution in [0, 0.1) is 5.82 Å². The van der Waals surface area contributed by atoms with E-state index in [4.69, 9.17) is 4.74 Å². The van der Waals surface area contributed by atoms with E-state index in [0.717, 1.165) is 37.9 Å². The zero-order valence-electron chi connectivity index (χ0n) is 13.8. The number of imidazole rings is 1. The number of hydrogen-bond donors (Lipinski definition) is 0. The Labute approximate surface area is 136 Å². The summed E-state index contributed by atoms with van der Waals surface area (Å²) in [6, 6.07) is 7.15. The average Bonchev–Trinajstić information content (AvgIpc) is 2.94. The first-order valence-corrected chi connectivity index (χ1v) is 8.14. The summed E-state index contributed by atoms with van der Waals surface area (Å²) in [5.41, 5.74) is 2.21. The number of likely N-dealkylation sites (tertiary alicyclic amines) is 1. The van der Waals surface area contributed by atoms with Gasteiger partial charge in [0.25, 0.3) is 0 Å². The second kappa shape index (κ2) is 7.23. The van der Waals surface area contributed by atoms with Crippen molar-refractivity contribution < 1.29 is 9.13 Å². The third-order valence-corrected chi connectivity index (χ3v) is 4.75. The maximum absolute atomic E-state index is 13.5. The minimum atomic E-state index is -0.175. The highest BCUT2D eigenvalue weighted by Gasteiger charge is 2.32. The van der Waals surface area contributed by atoms with E-state index in [-0.39, 0.29) is 18.0 Å². The van der Waals surface area contributed by atoms with Gasteiger partial charge in [0.15, 0.2) is 0 Å². The predicted molar refractivity (Wildman–Crippen MR) is 87.5 cm³/mol. The number of rotatable bonds is 5. The molecular weight excluding hydrogens is 293 g/mol. The van der Waals surface area contributed by atoms with Gasteiger partial charge in [0.1, 0.15) is 5.82 Å². The lowest BCUT2D eigenvalue weighted by molar-refractivity contribution is -0.0225. The van der Waals surface area contributed by atoms with Crippen LogP contribution in [0.5, 0.6) is 0 Å². The number of methoxy groups -OCH3 is 1. The molecule has 1 aliphatic rings. The molecule has 0 N–H and O–H groups in total. The quantitative estimate of drug-likeness (QED) is 0.849. The number of piperidine rings is 1. The number of hydrogen-bond acceptors (Lipinski definition) is 3. The Balaban J connectivity index is 1.79. The van der Waals surface area contributed by atoms with Gasteiger partial charge in [0.2, 0.25) is 0 Å². The maximum atomic E-state index is 13.5. The first kappa shape index (κ1) is 16.1. The highest BCUT2D eigenvalue weighted by Crippen LogP contribution is 2.25. The molecule has 0 aliphatic carbocycles. The standard InChI is InChI=1S/C18H24FN3O/c1-21-13-20-11-16(21)12-22-8-4-7-18(23-2)17(22)10-14-5-3-6-15(19)9-14/h3,5-6,9,11,13,17-18H,4,7-8,10,12H2,1-2H3/t17-,18-/m0/s1. The van der Waals surface area contributed by atoms with Gasteiger partial charge in [-0.15, -0.1) is 0 Å². The average molecular weight is 317 g/mol. The van der Waals surface area contributed by atoms with Crippen LogP contribution >= 0.6 is 0 Å². The second-order valence-electron chi connectivity index (χ2n) is 6.28. The molecule has 0 saturated carbocycles. The van der Waals surface area contributed by atoms with E-state index in [1.54, 1.807) is 19.2 Å². The third-order valence-electron chi connectivity index (χ3n) is 4.75. The molecular formula is C18H24FN3O. The fourth-order valence-electron chi connectivity index (χ4n) is 3.47. The molecule has 2 aromatic rings. The second-order valence-corrected chi connectivity index (χ2v) is 6.28. The Bertz CT molecular complexity index is 643. The first-order chi connectivity index (χ1) is 11.2. The molecule has 124 valence electrons. The Hall–Kier alpha value is -1.72. The van der Waals surface area contributed by atoms with Gasteiger partial charge >= 0.3 is 0 Å². The van der Waals surface area contributed by atoms with Gasteiger partial charge < -0.3 is 9.30 Å². The van der Waals surface area contributed by atoms with E-state index in [0.29, 0.717) is 0 Å². The zero-order chi connectivity index (χ0) is 16.2. The van der Waals surface area contributed by atoms with Gasteiger partial charge in [-0.3, -0.25) is 4.90 Å². The summed E-state index contributed by atoms with van der Waals surface area (Å²) < 4.78 is 21.3. The van der Waals surface area contributed by atoms with Crippen LogP contribution in [0.4, 0.5) is 4.39 Å². The molecule has 1 saturated heterocycles. The van der Waals surface area contributed by atoms with Crippen molar-refractivity contribution >= 4 is 0 Å². The number of aryl methyl sites for hydroxylation is 1. The van der Waals surface area contributed by atoms with Crippen LogP contribution in [0.25, 0.3) is 0 Å². The van der Waals surface area contributed by atoms with Gasteiger partial charge in [-0.25, -0.2) is 9.37 Å². The third kappa shape index (κ3) is 3.79. The molecule has 2 atom stereocenters. The minimum absolute atomic E-state index is 0.175. The normalized spacial score (nSPS) is 22.4. The van der Waals surface area contributed by atoms with Gasteiger partial charge in [-0.1, -0.05) is 12.1 Å². The summed E-state index contributed by atoms with van der Waals surface area (Å²) in [6.07, 6.45) is 6.90. The number of ether oxygens (including phenoxy) is 1. The van der Waals surface area contributed by atoms with Crippen molar-refractivity contribution in [1.29, 1.82) is 0 Å². The van der Waals surface area contributed by atoms with Crippen LogP contribution in [0.2, 0.25) is 0 Å². The molecule has 1 aliphatic heterocycles. The first-order valence-electron chi connectivity index (χ1n) is 8.14. The van der Waals surface area contributed by atoms with Crippen LogP contribution in [0.3, 0.4) is 0 Å². The van der Waals surface area contributed by atoms with E-state index >= 15 is 0 Å². The summed E-state index contributed by atoms with van der Waals surface area (Å²) in [5, 5.41) is 0. The lowest BCUT2D eigenvalue weighted by Crippen LogP contribution is -2.49. The van der Waals surface area contributed by atoms with Crippen molar-refractivity contribution in [2.75, 3.05) is 13.7 Å². The van der Waals surface area contributed by atoms with E-state index in [2.05, 4.69) is 14.5 Å². The molecule has 1 aromatic carbocycles. The summed E-state index contributed by atoms with van der Waals surface area (Å²) in [4.78, 5) is 6.65. The van der Waals surface area contributed by atoms with E-state index < -0.39 is 0 Å². The lowest BCUT2D eigenvalue weighted by atomic mass is 9.92. The van der Waals surface area contributed by atoms with Crippen molar-refractivity contribution in [2.24, 2.45) is 7.05 Å². The molecule has 0 spiro atoms. The predicted octanol–water partition coefficient (Wildman–Crippen LogP) is 2.78. The Kier molecular flexibility index (Phi) is 5.08. The topological polar surface area (TPSA) is 30.3 Å². The Morgan fingerprint density at radius 2 is 2.26 bits per heavy atom. The smallest absolute Gasteiger partial charge is 0.123 e. The number of aromatic nitrogens is 2. The van der Waals surface area contributed by atoms with Crippen LogP contribution < -0.4 is 0 Å². The van der Waals surface area contributed by atoms with Gasteiger partial charge in [0, 0.05) is 32.9 Å². The molecule has 3 rings (SSSR count). The Morgan fingerprint density at radius 3 is 2.96 bits per heavy atom. The van der Waals surface area contributed by atoms with Gasteiger partial charge in [-0.2, -0.15) is 0 Å². The van der Waals surface area contributed by atoms with Gasteiger partial charge in [0.05, 0.1) is 18.1 Å². The lowest BCUT2D eigenvalue weighted by Gasteiger charge is -2.40. The van der Waals surface area contributed by atoms with Gasteiger partial charge in [-0.05, 0) is 43.5 Å². The zero-order valence-corrected chi connectivity index (χ0v) is 13.8. The van der Waals surface area contributed by atoms with Crippen molar-refractivity contribution in [1.82, 2.24) is 14.5 Å². The summed E-state index contributed by atoms with van der Waals surface area (Å²) >= 11 is 0. The molecule has 1 aromatic heterocycles. The van der Waals surface area contributed by atoms with Crippen LogP contribution in [-0.4, -0.2) is 40.3 Å². The van der Waals surface area contributed by atoms with E-state index in [9.17, 15) is 4.39 Å². The van der Waals surface area contributed by atoms with Crippen molar-refractivity contribution in [2.45, 2.75) is 38.0 Å². The summed E-state index contributed by atoms with van der Waals surface area (Å²) in [5.74, 6) is -0.175. The van der Waals surface area contributed by atoms with Crippen LogP contribution in [0.15, 0.2) is 36.8 Å². The molecule has 1 fully saturated rings. The molecule has 4 nitrogen and oxygen atoms in total. The highest BCUT2D eigenvalue weighted by atomic mass is 19.1. The van der Waals surface area contributed by atoms with Crippen LogP contribution in [0.1, 0.15) is 24.1 Å². The van der Waals surface area contributed by atoms with E-state index in [1.165, 1.54) is 11.8 Å². The molecule has 0 radical (unpaired) electrons. The number of nitrogens with zero attached hydrogens (tertiary/aromatic N) is 3. The maximum Gasteiger partial charge on any atom is 0.123 e. The molecule has 2 heterocycles. The van der Waals surface area contributed by atoms with E-state index in [1.807, 2.05) is 25.6 Å². The van der Waals surface area contributed by atoms with Crippen molar-refractivity contribution in [3.63, 3.8) is 0 Å². The summed E-state index contributed by atoms with van der Waals surface area (Å²) in [6.45, 7) is 1.88.